The standard InChI is InChI=1S/C46H46N2O8S2/c1-45(2)40(47(28-14-6-9-21-42(49)50)37-26-23-31-15-10-12-17-35(31)43(37)45)19-7-5-8-20-41-46(3,4)44-36-18-13-11-16-32(36)24-27-38(44)48(41)30-33-22-25-34(58(52,53)54)29-39(33)57-56-55-51/h5,7-8,10-13,15-20,22-27,29H,6,9,14,21,28,30H2,1-4H3,(H2-,49,50,51,52,53,54)/p+1. The van der Waals surface area contributed by atoms with Gasteiger partial charge in [0.25, 0.3) is 10.1 Å². The van der Waals surface area contributed by atoms with Gasteiger partial charge in [0.15, 0.2) is 12.3 Å². The van der Waals surface area contributed by atoms with E-state index < -0.39 is 21.5 Å². The van der Waals surface area contributed by atoms with Gasteiger partial charge in [0.2, 0.25) is 5.69 Å². The number of allylic oxidation sites excluding steroid dienone is 6. The molecular weight excluding hydrogens is 773 g/mol. The van der Waals surface area contributed by atoms with E-state index in [4.69, 9.17) is 14.7 Å². The number of unbranched alkanes of at least 4 members (excludes halogenated alkanes) is 2. The van der Waals surface area contributed by atoms with Gasteiger partial charge in [-0.15, -0.1) is 4.33 Å². The first-order chi connectivity index (χ1) is 27.7. The van der Waals surface area contributed by atoms with Crippen LogP contribution in [-0.2, 0) is 41.7 Å². The van der Waals surface area contributed by atoms with Gasteiger partial charge in [0, 0.05) is 57.9 Å². The average Bonchev–Trinajstić information content (AvgIpc) is 3.54. The average molecular weight is 820 g/mol. The van der Waals surface area contributed by atoms with E-state index >= 15 is 0 Å². The molecule has 0 saturated carbocycles. The second kappa shape index (κ2) is 16.6. The Labute approximate surface area is 343 Å². The highest BCUT2D eigenvalue weighted by atomic mass is 32.2. The molecule has 2 aliphatic heterocycles. The second-order valence-electron chi connectivity index (χ2n) is 15.7. The highest BCUT2D eigenvalue weighted by Crippen LogP contribution is 2.51. The van der Waals surface area contributed by atoms with Crippen LogP contribution in [0.3, 0.4) is 0 Å². The number of fused-ring (bicyclic) bond motifs is 6. The zero-order valence-corrected chi connectivity index (χ0v) is 34.5. The molecule has 0 aliphatic carbocycles. The van der Waals surface area contributed by atoms with Crippen molar-refractivity contribution in [2.24, 2.45) is 0 Å². The van der Waals surface area contributed by atoms with Crippen molar-refractivity contribution in [3.05, 3.63) is 144 Å². The summed E-state index contributed by atoms with van der Waals surface area (Å²) in [4.78, 5) is 13.6. The Kier molecular flexibility index (Phi) is 11.8. The van der Waals surface area contributed by atoms with Crippen LogP contribution in [0.4, 0.5) is 11.4 Å². The van der Waals surface area contributed by atoms with Crippen molar-refractivity contribution in [3.63, 3.8) is 0 Å². The van der Waals surface area contributed by atoms with Crippen LogP contribution in [0.1, 0.15) is 70.1 Å². The molecule has 0 spiro atoms. The molecule has 0 amide bonds. The molecule has 2 heterocycles. The molecule has 300 valence electrons. The minimum absolute atomic E-state index is 0.173. The van der Waals surface area contributed by atoms with E-state index in [1.165, 1.54) is 39.9 Å². The third-order valence-electron chi connectivity index (χ3n) is 11.3. The molecule has 5 aromatic rings. The van der Waals surface area contributed by atoms with Gasteiger partial charge >= 0.3 is 5.97 Å². The molecule has 0 fully saturated rings. The minimum atomic E-state index is -4.50. The fraction of sp³-hybridized carbons (Fsp3) is 0.261. The van der Waals surface area contributed by atoms with Crippen LogP contribution in [0.25, 0.3) is 21.5 Å². The Morgan fingerprint density at radius 2 is 1.52 bits per heavy atom. The zero-order valence-electron chi connectivity index (χ0n) is 32.9. The van der Waals surface area contributed by atoms with Crippen molar-refractivity contribution >= 4 is 66.8 Å². The Hall–Kier alpha value is -5.08. The summed E-state index contributed by atoms with van der Waals surface area (Å²) >= 11 is 0.639. The van der Waals surface area contributed by atoms with Crippen LogP contribution < -0.4 is 4.90 Å². The van der Waals surface area contributed by atoms with Gasteiger partial charge in [-0.25, -0.2) is 5.26 Å². The molecule has 0 aromatic heterocycles. The Morgan fingerprint density at radius 1 is 0.828 bits per heavy atom. The van der Waals surface area contributed by atoms with Crippen molar-refractivity contribution in [2.75, 3.05) is 11.4 Å². The first-order valence-electron chi connectivity index (χ1n) is 19.2. The molecular formula is C46H47N2O8S2+. The van der Waals surface area contributed by atoms with Crippen molar-refractivity contribution in [3.8, 4) is 0 Å². The van der Waals surface area contributed by atoms with Gasteiger partial charge in [-0.1, -0.05) is 104 Å². The zero-order chi connectivity index (χ0) is 41.2. The topological polar surface area (TPSA) is 137 Å². The van der Waals surface area contributed by atoms with Crippen LogP contribution in [0.2, 0.25) is 0 Å². The Morgan fingerprint density at radius 3 is 2.21 bits per heavy atom. The highest BCUT2D eigenvalue weighted by molar-refractivity contribution is 7.94. The molecule has 58 heavy (non-hydrogen) atoms. The summed E-state index contributed by atoms with van der Waals surface area (Å²) in [6, 6.07) is 29.6. The third kappa shape index (κ3) is 8.00. The smallest absolute Gasteiger partial charge is 0.303 e. The normalized spacial score (nSPS) is 16.7. The second-order valence-corrected chi connectivity index (χ2v) is 17.9. The maximum atomic E-state index is 12.0. The summed E-state index contributed by atoms with van der Waals surface area (Å²) in [7, 11) is -4.50. The fourth-order valence-electron chi connectivity index (χ4n) is 8.69. The lowest BCUT2D eigenvalue weighted by Crippen LogP contribution is -2.27. The molecule has 2 aliphatic rings. The first kappa shape index (κ1) is 41.1. The van der Waals surface area contributed by atoms with Crippen LogP contribution >= 0.6 is 12.0 Å². The number of benzene rings is 5. The Bertz CT molecular complexity index is 2640. The summed E-state index contributed by atoms with van der Waals surface area (Å²) in [6.07, 6.45) is 13.0. The van der Waals surface area contributed by atoms with Gasteiger partial charge in [-0.05, 0) is 84.1 Å². The number of anilines is 1. The monoisotopic (exact) mass is 819 g/mol. The van der Waals surface area contributed by atoms with Crippen molar-refractivity contribution in [1.29, 1.82) is 0 Å². The number of rotatable bonds is 15. The number of carbonyl (C=O) groups is 1. The van der Waals surface area contributed by atoms with Crippen molar-refractivity contribution in [2.45, 2.75) is 80.5 Å². The number of hydrogen-bond acceptors (Lipinski definition) is 8. The van der Waals surface area contributed by atoms with Crippen LogP contribution in [0.5, 0.6) is 0 Å². The molecule has 0 radical (unpaired) electrons. The number of hydrogen-bond donors (Lipinski definition) is 3. The number of nitrogens with zero attached hydrogens (tertiary/aromatic N) is 2. The summed E-state index contributed by atoms with van der Waals surface area (Å²) in [5.41, 5.74) is 6.74. The van der Waals surface area contributed by atoms with Gasteiger partial charge in [-0.3, -0.25) is 9.35 Å². The maximum Gasteiger partial charge on any atom is 0.303 e. The predicted octanol–water partition coefficient (Wildman–Crippen LogP) is 10.7. The molecule has 0 saturated heterocycles. The lowest BCUT2D eigenvalue weighted by molar-refractivity contribution is -0.455. The highest BCUT2D eigenvalue weighted by Gasteiger charge is 2.46. The van der Waals surface area contributed by atoms with E-state index in [0.29, 0.717) is 35.5 Å². The van der Waals surface area contributed by atoms with Gasteiger partial charge in [0.05, 0.1) is 22.4 Å². The number of carboxylic acids is 1. The molecule has 3 N–H and O–H groups in total. The first-order valence-corrected chi connectivity index (χ1v) is 21.4. The largest absolute Gasteiger partial charge is 0.481 e. The van der Waals surface area contributed by atoms with E-state index in [1.807, 2.05) is 24.3 Å². The van der Waals surface area contributed by atoms with Crippen LogP contribution in [0.15, 0.2) is 137 Å². The van der Waals surface area contributed by atoms with E-state index in [1.54, 1.807) is 6.07 Å². The Balaban J connectivity index is 1.26. The van der Waals surface area contributed by atoms with Gasteiger partial charge in [-0.2, -0.15) is 13.0 Å². The summed E-state index contributed by atoms with van der Waals surface area (Å²) < 4.78 is 40.7. The molecule has 0 bridgehead atoms. The maximum absolute atomic E-state index is 12.0. The van der Waals surface area contributed by atoms with Crippen LogP contribution in [0, 0.1) is 0 Å². The number of aliphatic carboxylic acids is 1. The minimum Gasteiger partial charge on any atom is -0.481 e. The fourth-order valence-corrected chi connectivity index (χ4v) is 9.79. The predicted molar refractivity (Wildman–Crippen MR) is 229 cm³/mol. The lowest BCUT2D eigenvalue weighted by atomic mass is 9.79. The van der Waals surface area contributed by atoms with E-state index in [2.05, 4.69) is 121 Å². The molecule has 5 aromatic carbocycles. The summed E-state index contributed by atoms with van der Waals surface area (Å²) in [5.74, 6) is -0.766. The van der Waals surface area contributed by atoms with E-state index in [0.717, 1.165) is 47.1 Å². The quantitative estimate of drug-likeness (QED) is 0.0178. The molecule has 0 atom stereocenters. The number of carboxylic acid groups (broad SMARTS) is 1. The molecule has 10 nitrogen and oxygen atoms in total. The lowest BCUT2D eigenvalue weighted by Gasteiger charge is -2.27. The molecule has 0 unspecified atom stereocenters. The van der Waals surface area contributed by atoms with Gasteiger partial charge < -0.3 is 10.0 Å². The van der Waals surface area contributed by atoms with E-state index in [-0.39, 0.29) is 16.7 Å². The SMILES string of the molecule is CC1(C)C(/C=C/C=C/C=C2\N(CCCCCC(=O)O)c3ccc4ccccc4c3C2(C)C)=[N+](Cc2ccc(S(=O)(=O)O)cc2SOOO)c2ccc3ccccc3c21. The van der Waals surface area contributed by atoms with Gasteiger partial charge in [0.1, 0.15) is 0 Å². The van der Waals surface area contributed by atoms with Crippen molar-refractivity contribution in [1.82, 2.24) is 0 Å². The van der Waals surface area contributed by atoms with E-state index in [9.17, 15) is 17.8 Å². The summed E-state index contributed by atoms with van der Waals surface area (Å²) in [5, 5.41) is 26.6. The molecule has 7 rings (SSSR count). The molecule has 12 heteroatoms. The van der Waals surface area contributed by atoms with Crippen LogP contribution in [-0.4, -0.2) is 46.1 Å². The summed E-state index contributed by atoms with van der Waals surface area (Å²) in [6.45, 7) is 10.0. The third-order valence-corrected chi connectivity index (χ3v) is 12.9. The van der Waals surface area contributed by atoms with Crippen molar-refractivity contribution < 1.29 is 42.1 Å².